The van der Waals surface area contributed by atoms with Crippen LogP contribution in [-0.4, -0.2) is 39.9 Å². The third-order valence-electron chi connectivity index (χ3n) is 4.33. The van der Waals surface area contributed by atoms with Crippen LogP contribution in [0.15, 0.2) is 12.1 Å². The van der Waals surface area contributed by atoms with E-state index in [1.165, 1.54) is 0 Å². The molecular weight excluding hydrogens is 332 g/mol. The molecule has 0 saturated carbocycles. The maximum atomic E-state index is 12.6. The van der Waals surface area contributed by atoms with Gasteiger partial charge < -0.3 is 19.4 Å². The number of amides is 1. The fourth-order valence-corrected chi connectivity index (χ4v) is 3.36. The molecule has 0 fully saturated rings. The number of halogens is 1. The van der Waals surface area contributed by atoms with E-state index in [0.29, 0.717) is 41.8 Å². The number of carbonyl (C=O) groups excluding carboxylic acids is 1. The Morgan fingerprint density at radius 2 is 2.17 bits per heavy atom. The van der Waals surface area contributed by atoms with Crippen LogP contribution in [0.2, 0.25) is 5.02 Å². The van der Waals surface area contributed by atoms with Crippen molar-refractivity contribution in [2.75, 3.05) is 13.2 Å². The Hall–Kier alpha value is -2.28. The summed E-state index contributed by atoms with van der Waals surface area (Å²) in [6.45, 7) is 3.51. The Kier molecular flexibility index (Phi) is 3.80. The van der Waals surface area contributed by atoms with Gasteiger partial charge in [-0.15, -0.1) is 10.2 Å². The van der Waals surface area contributed by atoms with Gasteiger partial charge in [-0.3, -0.25) is 4.79 Å². The second kappa shape index (κ2) is 5.98. The minimum Gasteiger partial charge on any atom is -0.486 e. The van der Waals surface area contributed by atoms with Crippen LogP contribution >= 0.6 is 11.6 Å². The zero-order chi connectivity index (χ0) is 16.7. The second-order valence-corrected chi connectivity index (χ2v) is 6.37. The molecule has 1 atom stereocenters. The Labute approximate surface area is 143 Å². The van der Waals surface area contributed by atoms with Crippen molar-refractivity contribution in [2.45, 2.75) is 32.4 Å². The maximum absolute atomic E-state index is 12.6. The van der Waals surface area contributed by atoms with Crippen LogP contribution < -0.4 is 14.8 Å². The lowest BCUT2D eigenvalue weighted by Crippen LogP contribution is -2.41. The van der Waals surface area contributed by atoms with Crippen molar-refractivity contribution < 1.29 is 14.3 Å². The normalized spacial score (nSPS) is 18.8. The van der Waals surface area contributed by atoms with Crippen molar-refractivity contribution in [1.29, 1.82) is 0 Å². The van der Waals surface area contributed by atoms with E-state index in [2.05, 4.69) is 15.5 Å². The van der Waals surface area contributed by atoms with Crippen molar-refractivity contribution in [3.05, 3.63) is 34.4 Å². The van der Waals surface area contributed by atoms with Gasteiger partial charge in [0.15, 0.2) is 11.5 Å². The highest BCUT2D eigenvalue weighted by Gasteiger charge is 2.25. The molecular formula is C16H17ClN4O3. The van der Waals surface area contributed by atoms with Crippen molar-refractivity contribution in [3.63, 3.8) is 0 Å². The summed E-state index contributed by atoms with van der Waals surface area (Å²) >= 11 is 6.20. The quantitative estimate of drug-likeness (QED) is 0.894. The molecule has 7 nitrogen and oxygen atoms in total. The van der Waals surface area contributed by atoms with Crippen LogP contribution in [0, 0.1) is 6.92 Å². The number of fused-ring (bicyclic) bond motifs is 2. The molecule has 0 spiro atoms. The Bertz CT molecular complexity index is 805. The highest BCUT2D eigenvalue weighted by Crippen LogP contribution is 2.38. The second-order valence-electron chi connectivity index (χ2n) is 5.97. The molecule has 126 valence electrons. The molecule has 4 rings (SSSR count). The van der Waals surface area contributed by atoms with Gasteiger partial charge in [0, 0.05) is 24.6 Å². The SMILES string of the molecule is Cc1nnc2n1C[C@@H](NC(=O)c1cc(Cl)c3c(c1)OCCO3)CC2. The first kappa shape index (κ1) is 15.3. The number of benzene rings is 1. The lowest BCUT2D eigenvalue weighted by molar-refractivity contribution is 0.0926. The number of carbonyl (C=O) groups is 1. The van der Waals surface area contributed by atoms with Gasteiger partial charge >= 0.3 is 0 Å². The molecule has 1 aromatic heterocycles. The number of ether oxygens (including phenoxy) is 2. The van der Waals surface area contributed by atoms with Gasteiger partial charge in [0.05, 0.1) is 5.02 Å². The number of rotatable bonds is 2. The molecule has 0 bridgehead atoms. The molecule has 2 aromatic rings. The largest absolute Gasteiger partial charge is 0.486 e. The minimum absolute atomic E-state index is 0.0340. The van der Waals surface area contributed by atoms with Gasteiger partial charge in [-0.05, 0) is 25.5 Å². The van der Waals surface area contributed by atoms with E-state index >= 15 is 0 Å². The Balaban J connectivity index is 1.51. The molecule has 8 heteroatoms. The molecule has 0 saturated heterocycles. The van der Waals surface area contributed by atoms with Crippen LogP contribution in [0.1, 0.15) is 28.4 Å². The van der Waals surface area contributed by atoms with Gasteiger partial charge in [-0.1, -0.05) is 11.6 Å². The predicted octanol–water partition coefficient (Wildman–Crippen LogP) is 1.76. The first-order valence-electron chi connectivity index (χ1n) is 7.90. The van der Waals surface area contributed by atoms with Crippen LogP contribution in [0.4, 0.5) is 0 Å². The summed E-state index contributed by atoms with van der Waals surface area (Å²) in [4.78, 5) is 12.6. The van der Waals surface area contributed by atoms with Crippen molar-refractivity contribution in [3.8, 4) is 11.5 Å². The average molecular weight is 349 g/mol. The number of aromatic nitrogens is 3. The summed E-state index contributed by atoms with van der Waals surface area (Å²) in [6.07, 6.45) is 1.63. The average Bonchev–Trinajstić information content (AvgIpc) is 2.96. The zero-order valence-electron chi connectivity index (χ0n) is 13.2. The summed E-state index contributed by atoms with van der Waals surface area (Å²) in [5.41, 5.74) is 0.468. The number of nitrogens with one attached hydrogen (secondary N) is 1. The number of hydrogen-bond donors (Lipinski definition) is 1. The summed E-state index contributed by atoms with van der Waals surface area (Å²) in [6, 6.07) is 3.32. The predicted molar refractivity (Wildman–Crippen MR) is 86.8 cm³/mol. The van der Waals surface area contributed by atoms with E-state index in [0.717, 1.165) is 24.5 Å². The maximum Gasteiger partial charge on any atom is 0.251 e. The van der Waals surface area contributed by atoms with Crippen LogP contribution in [0.5, 0.6) is 11.5 Å². The molecule has 0 radical (unpaired) electrons. The molecule has 3 heterocycles. The topological polar surface area (TPSA) is 78.3 Å². The van der Waals surface area contributed by atoms with Gasteiger partial charge in [-0.25, -0.2) is 0 Å². The van der Waals surface area contributed by atoms with Gasteiger partial charge in [0.25, 0.3) is 5.91 Å². The van der Waals surface area contributed by atoms with Crippen molar-refractivity contribution in [2.24, 2.45) is 0 Å². The van der Waals surface area contributed by atoms with E-state index in [1.54, 1.807) is 12.1 Å². The first-order chi connectivity index (χ1) is 11.6. The van der Waals surface area contributed by atoms with Gasteiger partial charge in [-0.2, -0.15) is 0 Å². The summed E-state index contributed by atoms with van der Waals surface area (Å²) in [7, 11) is 0. The third kappa shape index (κ3) is 2.69. The van der Waals surface area contributed by atoms with Crippen LogP contribution in [0.3, 0.4) is 0 Å². The summed E-state index contributed by atoms with van der Waals surface area (Å²) in [5, 5.41) is 11.7. The first-order valence-corrected chi connectivity index (χ1v) is 8.28. The Morgan fingerprint density at radius 1 is 1.33 bits per heavy atom. The van der Waals surface area contributed by atoms with Crippen LogP contribution in [-0.2, 0) is 13.0 Å². The fraction of sp³-hybridized carbons (Fsp3) is 0.438. The fourth-order valence-electron chi connectivity index (χ4n) is 3.09. The van der Waals surface area contributed by atoms with E-state index in [-0.39, 0.29) is 11.9 Å². The van der Waals surface area contributed by atoms with E-state index < -0.39 is 0 Å². The number of nitrogens with zero attached hydrogens (tertiary/aromatic N) is 3. The molecule has 2 aliphatic heterocycles. The van der Waals surface area contributed by atoms with Gasteiger partial charge in [0.1, 0.15) is 24.9 Å². The molecule has 1 aromatic carbocycles. The van der Waals surface area contributed by atoms with Gasteiger partial charge in [0.2, 0.25) is 0 Å². The standard InChI is InChI=1S/C16H17ClN4O3/c1-9-19-20-14-3-2-11(8-21(9)14)18-16(22)10-6-12(17)15-13(7-10)23-4-5-24-15/h6-7,11H,2-5,8H2,1H3,(H,18,22)/t11-/m0/s1. The highest BCUT2D eigenvalue weighted by atomic mass is 35.5. The lowest BCUT2D eigenvalue weighted by Gasteiger charge is -2.25. The van der Waals surface area contributed by atoms with Crippen LogP contribution in [0.25, 0.3) is 0 Å². The smallest absolute Gasteiger partial charge is 0.251 e. The minimum atomic E-state index is -0.173. The summed E-state index contributed by atoms with van der Waals surface area (Å²) in [5.74, 6) is 2.68. The van der Waals surface area contributed by atoms with E-state index in [1.807, 2.05) is 11.5 Å². The lowest BCUT2D eigenvalue weighted by atomic mass is 10.1. The summed E-state index contributed by atoms with van der Waals surface area (Å²) < 4.78 is 13.1. The van der Waals surface area contributed by atoms with E-state index in [9.17, 15) is 4.79 Å². The highest BCUT2D eigenvalue weighted by molar-refractivity contribution is 6.32. The molecule has 1 N–H and O–H groups in total. The molecule has 0 aliphatic carbocycles. The third-order valence-corrected chi connectivity index (χ3v) is 4.61. The monoisotopic (exact) mass is 348 g/mol. The molecule has 0 unspecified atom stereocenters. The number of hydrogen-bond acceptors (Lipinski definition) is 5. The molecule has 24 heavy (non-hydrogen) atoms. The molecule has 1 amide bonds. The van der Waals surface area contributed by atoms with E-state index in [4.69, 9.17) is 21.1 Å². The van der Waals surface area contributed by atoms with Crippen molar-refractivity contribution in [1.82, 2.24) is 20.1 Å². The van der Waals surface area contributed by atoms with Crippen molar-refractivity contribution >= 4 is 17.5 Å². The zero-order valence-corrected chi connectivity index (χ0v) is 14.0. The number of aryl methyl sites for hydroxylation is 2. The Morgan fingerprint density at radius 3 is 3.04 bits per heavy atom. The molecule has 2 aliphatic rings.